The Morgan fingerprint density at radius 1 is 1.26 bits per heavy atom. The van der Waals surface area contributed by atoms with E-state index in [1.165, 1.54) is 14.0 Å². The lowest BCUT2D eigenvalue weighted by Crippen LogP contribution is -2.68. The third-order valence-corrected chi connectivity index (χ3v) is 4.03. The van der Waals surface area contributed by atoms with Crippen molar-refractivity contribution < 1.29 is 24.5 Å². The van der Waals surface area contributed by atoms with Crippen molar-refractivity contribution in [2.75, 3.05) is 21.2 Å². The molecule has 0 fully saturated rings. The van der Waals surface area contributed by atoms with Crippen LogP contribution in [0.25, 0.3) is 0 Å². The maximum Gasteiger partial charge on any atom is 0.338 e. The zero-order valence-corrected chi connectivity index (χ0v) is 11.9. The number of likely N-dealkylation sites (N-methyl/N-ethyl adjacent to an activating group) is 1. The fourth-order valence-electron chi connectivity index (χ4n) is 3.08. The van der Waals surface area contributed by atoms with Gasteiger partial charge in [-0.25, -0.2) is 4.79 Å². The molecule has 4 atom stereocenters. The van der Waals surface area contributed by atoms with Crippen molar-refractivity contribution in [3.05, 3.63) is 12.2 Å². The highest BCUT2D eigenvalue weighted by molar-refractivity contribution is 5.85. The molecule has 19 heavy (non-hydrogen) atoms. The van der Waals surface area contributed by atoms with Crippen LogP contribution in [0.4, 0.5) is 0 Å². The van der Waals surface area contributed by atoms with Gasteiger partial charge in [-0.3, -0.25) is 4.79 Å². The zero-order chi connectivity index (χ0) is 15.0. The lowest BCUT2D eigenvalue weighted by atomic mass is 9.63. The second kappa shape index (κ2) is 4.94. The number of carboxylic acids is 2. The van der Waals surface area contributed by atoms with Gasteiger partial charge in [-0.2, -0.15) is 0 Å². The maximum absolute atomic E-state index is 11.8. The summed E-state index contributed by atoms with van der Waals surface area (Å²) in [6, 6.07) is -0.819. The molecule has 1 aliphatic carbocycles. The van der Waals surface area contributed by atoms with Crippen LogP contribution in [0.5, 0.6) is 0 Å². The normalized spacial score (nSPS) is 38.4. The topological polar surface area (TPSA) is 87.1 Å². The van der Waals surface area contributed by atoms with Gasteiger partial charge < -0.3 is 19.8 Å². The number of aliphatic carboxylic acids is 2. The molecule has 0 aromatic heterocycles. The second-order valence-electron chi connectivity index (χ2n) is 5.40. The quantitative estimate of drug-likeness (QED) is 0.731. The summed E-state index contributed by atoms with van der Waals surface area (Å²) in [5.41, 5.74) is -2.92. The first kappa shape index (κ1) is 15.7. The summed E-state index contributed by atoms with van der Waals surface area (Å²) >= 11 is 0. The molecule has 1 rings (SSSR count). The van der Waals surface area contributed by atoms with Crippen LogP contribution in [-0.4, -0.2) is 59.9 Å². The van der Waals surface area contributed by atoms with Crippen LogP contribution in [0.2, 0.25) is 0 Å². The van der Waals surface area contributed by atoms with Crippen molar-refractivity contribution >= 4 is 11.9 Å². The van der Waals surface area contributed by atoms with E-state index in [4.69, 9.17) is 4.74 Å². The van der Waals surface area contributed by atoms with Crippen molar-refractivity contribution in [2.24, 2.45) is 11.3 Å². The Hall–Kier alpha value is -1.40. The number of hydrogen-bond donors (Lipinski definition) is 2. The first-order valence-electron chi connectivity index (χ1n) is 6.02. The number of carboxylic acid groups (broad SMARTS) is 2. The molecule has 6 nitrogen and oxygen atoms in total. The summed E-state index contributed by atoms with van der Waals surface area (Å²) in [6.45, 7) is 3.23. The van der Waals surface area contributed by atoms with Gasteiger partial charge in [0.25, 0.3) is 0 Å². The Morgan fingerprint density at radius 3 is 2.11 bits per heavy atom. The largest absolute Gasteiger partial charge is 0.481 e. The van der Waals surface area contributed by atoms with Crippen molar-refractivity contribution in [2.45, 2.75) is 25.5 Å². The van der Waals surface area contributed by atoms with Gasteiger partial charge in [0.15, 0.2) is 5.60 Å². The highest BCUT2D eigenvalue weighted by Crippen LogP contribution is 2.44. The minimum atomic E-state index is -1.59. The molecule has 0 bridgehead atoms. The molecular formula is C13H21NO5. The molecule has 0 aromatic carbocycles. The number of nitrogens with zero attached hydrogens (tertiary/aromatic N) is 1. The standard InChI is InChI=1S/C13H21NO5/c1-8-6-7-12(2,10(15)16)9(14(3)4)13(8,19-5)11(17)18/h6-9H,1-5H3,(H,15,16)(H,17,18). The Kier molecular flexibility index (Phi) is 4.07. The van der Waals surface area contributed by atoms with Gasteiger partial charge in [0.2, 0.25) is 0 Å². The summed E-state index contributed by atoms with van der Waals surface area (Å²) in [7, 11) is 4.63. The summed E-state index contributed by atoms with van der Waals surface area (Å²) in [6.07, 6.45) is 3.16. The van der Waals surface area contributed by atoms with Crippen molar-refractivity contribution in [1.29, 1.82) is 0 Å². The van der Waals surface area contributed by atoms with Gasteiger partial charge in [0.05, 0.1) is 6.04 Å². The van der Waals surface area contributed by atoms with Crippen molar-refractivity contribution in [3.8, 4) is 0 Å². The molecule has 0 saturated heterocycles. The lowest BCUT2D eigenvalue weighted by Gasteiger charge is -2.51. The predicted molar refractivity (Wildman–Crippen MR) is 68.9 cm³/mol. The Balaban J connectivity index is 3.57. The van der Waals surface area contributed by atoms with E-state index in [0.29, 0.717) is 0 Å². The summed E-state index contributed by atoms with van der Waals surface area (Å²) in [5, 5.41) is 19.1. The summed E-state index contributed by atoms with van der Waals surface area (Å²) < 4.78 is 5.32. The van der Waals surface area contributed by atoms with E-state index in [2.05, 4.69) is 0 Å². The molecule has 4 unspecified atom stereocenters. The zero-order valence-electron chi connectivity index (χ0n) is 11.9. The van der Waals surface area contributed by atoms with Gasteiger partial charge in [-0.1, -0.05) is 19.1 Å². The summed E-state index contributed by atoms with van der Waals surface area (Å²) in [4.78, 5) is 25.0. The first-order chi connectivity index (χ1) is 8.64. The van der Waals surface area contributed by atoms with Crippen LogP contribution in [0.15, 0.2) is 12.2 Å². The van der Waals surface area contributed by atoms with Gasteiger partial charge >= 0.3 is 11.9 Å². The molecule has 0 amide bonds. The molecule has 0 heterocycles. The fraction of sp³-hybridized carbons (Fsp3) is 0.692. The van der Waals surface area contributed by atoms with Crippen LogP contribution in [0.1, 0.15) is 13.8 Å². The Bertz CT molecular complexity index is 419. The fourth-order valence-corrected chi connectivity index (χ4v) is 3.08. The second-order valence-corrected chi connectivity index (χ2v) is 5.40. The molecular weight excluding hydrogens is 250 g/mol. The predicted octanol–water partition coefficient (Wildman–Crippen LogP) is 0.683. The van der Waals surface area contributed by atoms with Crippen LogP contribution in [0, 0.1) is 11.3 Å². The molecule has 0 spiro atoms. The van der Waals surface area contributed by atoms with Gasteiger partial charge in [-0.15, -0.1) is 0 Å². The summed E-state index contributed by atoms with van der Waals surface area (Å²) in [5.74, 6) is -2.66. The monoisotopic (exact) mass is 271 g/mol. The molecule has 0 aliphatic heterocycles. The van der Waals surface area contributed by atoms with E-state index in [1.54, 1.807) is 38.1 Å². The molecule has 0 aromatic rings. The van der Waals surface area contributed by atoms with E-state index in [0.717, 1.165) is 0 Å². The van der Waals surface area contributed by atoms with Gasteiger partial charge in [0.1, 0.15) is 5.41 Å². The molecule has 1 aliphatic rings. The average molecular weight is 271 g/mol. The van der Waals surface area contributed by atoms with Crippen molar-refractivity contribution in [3.63, 3.8) is 0 Å². The highest BCUT2D eigenvalue weighted by Gasteiger charge is 2.62. The smallest absolute Gasteiger partial charge is 0.338 e. The van der Waals surface area contributed by atoms with Crippen LogP contribution in [-0.2, 0) is 14.3 Å². The molecule has 6 heteroatoms. The Morgan fingerprint density at radius 2 is 1.79 bits per heavy atom. The third-order valence-electron chi connectivity index (χ3n) is 4.03. The minimum Gasteiger partial charge on any atom is -0.481 e. The van der Waals surface area contributed by atoms with Crippen LogP contribution in [0.3, 0.4) is 0 Å². The van der Waals surface area contributed by atoms with E-state index >= 15 is 0 Å². The van der Waals surface area contributed by atoms with E-state index in [9.17, 15) is 19.8 Å². The first-order valence-corrected chi connectivity index (χ1v) is 6.02. The van der Waals surface area contributed by atoms with Gasteiger partial charge in [0, 0.05) is 13.0 Å². The number of carbonyl (C=O) groups is 2. The third kappa shape index (κ3) is 2.04. The number of hydrogen-bond acceptors (Lipinski definition) is 4. The van der Waals surface area contributed by atoms with Crippen molar-refractivity contribution in [1.82, 2.24) is 4.90 Å². The van der Waals surface area contributed by atoms with E-state index < -0.39 is 34.9 Å². The molecule has 108 valence electrons. The van der Waals surface area contributed by atoms with Crippen LogP contribution < -0.4 is 0 Å². The molecule has 2 N–H and O–H groups in total. The number of rotatable bonds is 4. The minimum absolute atomic E-state index is 0.435. The highest BCUT2D eigenvalue weighted by atomic mass is 16.5. The van der Waals surface area contributed by atoms with Gasteiger partial charge in [-0.05, 0) is 21.0 Å². The Labute approximate surface area is 112 Å². The molecule has 0 radical (unpaired) electrons. The maximum atomic E-state index is 11.8. The number of methoxy groups -OCH3 is 1. The average Bonchev–Trinajstić information content (AvgIpc) is 2.30. The molecule has 0 saturated carbocycles. The number of ether oxygens (including phenoxy) is 1. The lowest BCUT2D eigenvalue weighted by molar-refractivity contribution is -0.190. The van der Waals surface area contributed by atoms with Crippen LogP contribution >= 0.6 is 0 Å². The van der Waals surface area contributed by atoms with E-state index in [1.807, 2.05) is 0 Å². The van der Waals surface area contributed by atoms with E-state index in [-0.39, 0.29) is 0 Å². The SMILES string of the molecule is COC1(C(=O)O)C(C)C=CC(C)(C(=O)O)C1N(C)C.